The molecule has 1 heteroatoms. The second kappa shape index (κ2) is 4.02. The maximum Gasteiger partial charge on any atom is 0.0487 e. The van der Waals surface area contributed by atoms with Crippen molar-refractivity contribution in [3.63, 3.8) is 0 Å². The lowest BCUT2D eigenvalue weighted by Gasteiger charge is -2.06. The van der Waals surface area contributed by atoms with Crippen LogP contribution in [0.25, 0.3) is 10.8 Å². The molecule has 0 aromatic heterocycles. The minimum atomic E-state index is 0.867. The molecule has 2 rings (SSSR count). The summed E-state index contributed by atoms with van der Waals surface area (Å²) >= 11 is 6.20. The third kappa shape index (κ3) is 1.62. The number of benzene rings is 2. The fourth-order valence-electron chi connectivity index (χ4n) is 1.85. The van der Waals surface area contributed by atoms with Crippen molar-refractivity contribution in [1.82, 2.24) is 0 Å². The van der Waals surface area contributed by atoms with Gasteiger partial charge in [0.25, 0.3) is 0 Å². The second-order valence-electron chi connectivity index (χ2n) is 3.51. The molecule has 0 saturated heterocycles. The summed E-state index contributed by atoms with van der Waals surface area (Å²) < 4.78 is 0. The molecule has 0 nitrogen and oxygen atoms in total. The Hall–Kier alpha value is -1.01. The van der Waals surface area contributed by atoms with Crippen molar-refractivity contribution in [2.24, 2.45) is 0 Å². The van der Waals surface area contributed by atoms with Gasteiger partial charge in [0.15, 0.2) is 0 Å². The predicted octanol–water partition coefficient (Wildman–Crippen LogP) is 4.45. The highest BCUT2D eigenvalue weighted by atomic mass is 35.5. The first-order valence-electron chi connectivity index (χ1n) is 4.99. The fraction of sp³-hybridized carbons (Fsp3) is 0.231. The Morgan fingerprint density at radius 3 is 2.50 bits per heavy atom. The summed E-state index contributed by atoms with van der Waals surface area (Å²) in [5.74, 6) is 0. The van der Waals surface area contributed by atoms with Crippen molar-refractivity contribution in [3.8, 4) is 0 Å². The molecule has 0 fully saturated rings. The highest BCUT2D eigenvalue weighted by molar-refractivity contribution is 6.35. The SMILES string of the molecule is CCCc1cccc2cccc(Cl)c12. The predicted molar refractivity (Wildman–Crippen MR) is 63.0 cm³/mol. The summed E-state index contributed by atoms with van der Waals surface area (Å²) in [6.45, 7) is 2.19. The fourth-order valence-corrected chi connectivity index (χ4v) is 2.15. The molecule has 0 radical (unpaired) electrons. The van der Waals surface area contributed by atoms with Crippen molar-refractivity contribution >= 4 is 22.4 Å². The monoisotopic (exact) mass is 204 g/mol. The molecular weight excluding hydrogens is 192 g/mol. The van der Waals surface area contributed by atoms with Gasteiger partial charge in [0.2, 0.25) is 0 Å². The molecule has 0 unspecified atom stereocenters. The lowest BCUT2D eigenvalue weighted by molar-refractivity contribution is 0.930. The van der Waals surface area contributed by atoms with E-state index in [0.29, 0.717) is 0 Å². The molecule has 0 aliphatic heterocycles. The molecular formula is C13H13Cl. The van der Waals surface area contributed by atoms with Crippen LogP contribution in [0.4, 0.5) is 0 Å². The molecule has 0 aliphatic rings. The number of rotatable bonds is 2. The van der Waals surface area contributed by atoms with E-state index in [0.717, 1.165) is 17.9 Å². The van der Waals surface area contributed by atoms with Gasteiger partial charge >= 0.3 is 0 Å². The molecule has 0 amide bonds. The van der Waals surface area contributed by atoms with Gasteiger partial charge in [0, 0.05) is 10.4 Å². The summed E-state index contributed by atoms with van der Waals surface area (Å²) in [6.07, 6.45) is 2.26. The number of hydrogen-bond donors (Lipinski definition) is 0. The maximum atomic E-state index is 6.20. The molecule has 0 spiro atoms. The van der Waals surface area contributed by atoms with Crippen LogP contribution in [-0.2, 0) is 6.42 Å². The standard InChI is InChI=1S/C13H13Cl/c1-2-5-10-6-3-7-11-8-4-9-12(14)13(10)11/h3-4,6-9H,2,5H2,1H3. The smallest absolute Gasteiger partial charge is 0.0487 e. The highest BCUT2D eigenvalue weighted by Gasteiger charge is 2.02. The Balaban J connectivity index is 2.71. The molecule has 0 bridgehead atoms. The van der Waals surface area contributed by atoms with E-state index in [9.17, 15) is 0 Å². The van der Waals surface area contributed by atoms with Gasteiger partial charge in [-0.25, -0.2) is 0 Å². The Morgan fingerprint density at radius 1 is 1.07 bits per heavy atom. The van der Waals surface area contributed by atoms with Crippen molar-refractivity contribution in [3.05, 3.63) is 47.0 Å². The largest absolute Gasteiger partial charge is 0.0837 e. The summed E-state index contributed by atoms with van der Waals surface area (Å²) in [5.41, 5.74) is 1.36. The van der Waals surface area contributed by atoms with E-state index in [1.165, 1.54) is 16.3 Å². The first-order chi connectivity index (χ1) is 6.83. The van der Waals surface area contributed by atoms with Crippen LogP contribution in [0.3, 0.4) is 0 Å². The topological polar surface area (TPSA) is 0 Å². The first-order valence-corrected chi connectivity index (χ1v) is 5.37. The van der Waals surface area contributed by atoms with E-state index in [1.807, 2.05) is 12.1 Å². The number of aryl methyl sites for hydroxylation is 1. The van der Waals surface area contributed by atoms with Crippen LogP contribution < -0.4 is 0 Å². The van der Waals surface area contributed by atoms with E-state index in [-0.39, 0.29) is 0 Å². The van der Waals surface area contributed by atoms with Crippen molar-refractivity contribution in [1.29, 1.82) is 0 Å². The zero-order valence-corrected chi connectivity index (χ0v) is 9.01. The minimum absolute atomic E-state index is 0.867. The molecule has 0 saturated carbocycles. The molecule has 0 heterocycles. The number of fused-ring (bicyclic) bond motifs is 1. The van der Waals surface area contributed by atoms with Gasteiger partial charge in [-0.15, -0.1) is 0 Å². The molecule has 14 heavy (non-hydrogen) atoms. The van der Waals surface area contributed by atoms with E-state index in [4.69, 9.17) is 11.6 Å². The van der Waals surface area contributed by atoms with Gasteiger partial charge in [-0.05, 0) is 23.4 Å². The van der Waals surface area contributed by atoms with Gasteiger partial charge in [-0.1, -0.05) is 55.3 Å². The van der Waals surface area contributed by atoms with Crippen molar-refractivity contribution in [2.75, 3.05) is 0 Å². The highest BCUT2D eigenvalue weighted by Crippen LogP contribution is 2.27. The van der Waals surface area contributed by atoms with Crippen molar-refractivity contribution < 1.29 is 0 Å². The zero-order chi connectivity index (χ0) is 9.97. The second-order valence-corrected chi connectivity index (χ2v) is 3.91. The summed E-state index contributed by atoms with van der Waals surface area (Å²) in [7, 11) is 0. The van der Waals surface area contributed by atoms with Gasteiger partial charge < -0.3 is 0 Å². The van der Waals surface area contributed by atoms with Gasteiger partial charge in [0.1, 0.15) is 0 Å². The Bertz CT molecular complexity index is 441. The normalized spacial score (nSPS) is 10.7. The lowest BCUT2D eigenvalue weighted by atomic mass is 10.0. The van der Waals surface area contributed by atoms with Gasteiger partial charge in [-0.3, -0.25) is 0 Å². The molecule has 0 aliphatic carbocycles. The average molecular weight is 205 g/mol. The van der Waals surface area contributed by atoms with Crippen LogP contribution in [0.15, 0.2) is 36.4 Å². The maximum absolute atomic E-state index is 6.20. The quantitative estimate of drug-likeness (QED) is 0.678. The van der Waals surface area contributed by atoms with E-state index >= 15 is 0 Å². The Kier molecular flexibility index (Phi) is 2.74. The van der Waals surface area contributed by atoms with Crippen LogP contribution in [0.2, 0.25) is 5.02 Å². The number of halogens is 1. The summed E-state index contributed by atoms with van der Waals surface area (Å²) in [4.78, 5) is 0. The van der Waals surface area contributed by atoms with Crippen LogP contribution in [0, 0.1) is 0 Å². The summed E-state index contributed by atoms with van der Waals surface area (Å²) in [6, 6.07) is 12.4. The van der Waals surface area contributed by atoms with Crippen LogP contribution in [-0.4, -0.2) is 0 Å². The van der Waals surface area contributed by atoms with E-state index in [1.54, 1.807) is 0 Å². The molecule has 2 aromatic carbocycles. The average Bonchev–Trinajstić information content (AvgIpc) is 2.19. The molecule has 0 atom stereocenters. The van der Waals surface area contributed by atoms with E-state index < -0.39 is 0 Å². The molecule has 0 N–H and O–H groups in total. The van der Waals surface area contributed by atoms with Gasteiger partial charge in [-0.2, -0.15) is 0 Å². The Labute approximate surface area is 89.5 Å². The Morgan fingerprint density at radius 2 is 1.79 bits per heavy atom. The van der Waals surface area contributed by atoms with Crippen LogP contribution >= 0.6 is 11.6 Å². The van der Waals surface area contributed by atoms with Crippen LogP contribution in [0.1, 0.15) is 18.9 Å². The zero-order valence-electron chi connectivity index (χ0n) is 8.26. The third-order valence-electron chi connectivity index (χ3n) is 2.46. The minimum Gasteiger partial charge on any atom is -0.0837 e. The lowest BCUT2D eigenvalue weighted by Crippen LogP contribution is -1.86. The molecule has 2 aromatic rings. The van der Waals surface area contributed by atoms with Crippen LogP contribution in [0.5, 0.6) is 0 Å². The molecule has 72 valence electrons. The number of hydrogen-bond acceptors (Lipinski definition) is 0. The first kappa shape index (κ1) is 9.54. The third-order valence-corrected chi connectivity index (χ3v) is 2.77. The van der Waals surface area contributed by atoms with Gasteiger partial charge in [0.05, 0.1) is 0 Å². The van der Waals surface area contributed by atoms with E-state index in [2.05, 4.69) is 31.2 Å². The van der Waals surface area contributed by atoms with Crippen molar-refractivity contribution in [2.45, 2.75) is 19.8 Å². The summed E-state index contributed by atoms with van der Waals surface area (Å²) in [5, 5.41) is 3.33.